The Kier molecular flexibility index (Phi) is 8.23. The first kappa shape index (κ1) is 24.6. The van der Waals surface area contributed by atoms with Crippen molar-refractivity contribution in [3.8, 4) is 17.6 Å². The number of benzene rings is 2. The average Bonchev–Trinajstić information content (AvgIpc) is 3.31. The highest BCUT2D eigenvalue weighted by molar-refractivity contribution is 6.22. The lowest BCUT2D eigenvalue weighted by atomic mass is 10.1. The number of fused-ring (bicyclic) bond motifs is 1. The van der Waals surface area contributed by atoms with Crippen molar-refractivity contribution in [2.45, 2.75) is 0 Å². The summed E-state index contributed by atoms with van der Waals surface area (Å²) in [5.41, 5.74) is 1.45. The van der Waals surface area contributed by atoms with Gasteiger partial charge in [-0.3, -0.25) is 19.7 Å². The van der Waals surface area contributed by atoms with Gasteiger partial charge < -0.3 is 19.2 Å². The van der Waals surface area contributed by atoms with Crippen LogP contribution in [0.4, 0.5) is 0 Å². The van der Waals surface area contributed by atoms with Crippen LogP contribution in [-0.4, -0.2) is 72.5 Å². The van der Waals surface area contributed by atoms with E-state index in [4.69, 9.17) is 30.9 Å². The highest BCUT2D eigenvalue weighted by Crippen LogP contribution is 2.24. The molecule has 10 heteroatoms. The summed E-state index contributed by atoms with van der Waals surface area (Å²) in [6.45, 7) is 4.85. The summed E-state index contributed by atoms with van der Waals surface area (Å²) in [6, 6.07) is 13.3. The van der Waals surface area contributed by atoms with Crippen LogP contribution in [0.5, 0.6) is 5.75 Å². The highest BCUT2D eigenvalue weighted by Gasteiger charge is 2.13. The third-order valence-electron chi connectivity index (χ3n) is 5.36. The summed E-state index contributed by atoms with van der Waals surface area (Å²) < 4.78 is 16.8. The van der Waals surface area contributed by atoms with E-state index in [9.17, 15) is 9.59 Å². The van der Waals surface area contributed by atoms with E-state index in [0.29, 0.717) is 17.8 Å². The fourth-order valence-electron chi connectivity index (χ4n) is 3.50. The number of ether oxygens (including phenoxy) is 2. The van der Waals surface area contributed by atoms with Crippen LogP contribution in [0.25, 0.3) is 11.0 Å². The van der Waals surface area contributed by atoms with Crippen LogP contribution < -0.4 is 10.1 Å². The van der Waals surface area contributed by atoms with Gasteiger partial charge in [0.25, 0.3) is 11.8 Å². The lowest BCUT2D eigenvalue weighted by Gasteiger charge is -2.26. The molecular weight excluding hydrogens is 474 g/mol. The zero-order valence-corrected chi connectivity index (χ0v) is 19.6. The molecule has 2 amide bonds. The molecule has 182 valence electrons. The van der Waals surface area contributed by atoms with Crippen LogP contribution in [0.2, 0.25) is 0 Å². The molecule has 1 fully saturated rings. The second kappa shape index (κ2) is 11.7. The number of nitrogens with zero attached hydrogens (tertiary/aromatic N) is 2. The van der Waals surface area contributed by atoms with Gasteiger partial charge in [0.1, 0.15) is 17.9 Å². The van der Waals surface area contributed by atoms with Gasteiger partial charge in [-0.1, -0.05) is 11.8 Å². The molecule has 0 unspecified atom stereocenters. The van der Waals surface area contributed by atoms with Gasteiger partial charge >= 0.3 is 0 Å². The number of furan rings is 1. The molecule has 1 aliphatic heterocycles. The molecule has 1 aromatic heterocycles. The van der Waals surface area contributed by atoms with E-state index in [-0.39, 0.29) is 28.4 Å². The minimum atomic E-state index is -0.740. The molecule has 0 saturated carbocycles. The van der Waals surface area contributed by atoms with Gasteiger partial charge in [-0.05, 0) is 48.5 Å². The van der Waals surface area contributed by atoms with Crippen LogP contribution in [0.3, 0.4) is 0 Å². The summed E-state index contributed by atoms with van der Waals surface area (Å²) in [5.74, 6) is 5.51. The van der Waals surface area contributed by atoms with E-state index in [2.05, 4.69) is 22.1 Å². The summed E-state index contributed by atoms with van der Waals surface area (Å²) >= 11 is 5.22. The smallest absolute Gasteiger partial charge is 0.292 e. The zero-order chi connectivity index (χ0) is 24.6. The number of hydrogen-bond acceptors (Lipinski definition) is 7. The fraction of sp³-hybridized carbons (Fsp3) is 0.280. The van der Waals surface area contributed by atoms with Crippen LogP contribution in [0.1, 0.15) is 26.5 Å². The van der Waals surface area contributed by atoms with E-state index < -0.39 is 5.91 Å². The van der Waals surface area contributed by atoms with Gasteiger partial charge in [0, 0.05) is 47.9 Å². The number of amides is 2. The number of rotatable bonds is 7. The van der Waals surface area contributed by atoms with Crippen molar-refractivity contribution in [1.82, 2.24) is 14.8 Å². The lowest BCUT2D eigenvalue weighted by molar-refractivity contribution is 0.00924. The molecule has 35 heavy (non-hydrogen) atoms. The Morgan fingerprint density at radius 3 is 2.66 bits per heavy atom. The van der Waals surface area contributed by atoms with E-state index in [1.54, 1.807) is 24.3 Å². The average molecular weight is 498 g/mol. The number of nitrogens with one attached hydrogen (secondary N) is 1. The SMILES string of the molecule is O=C(NCC#Cc1ccc(C(=O)N(O)Cl)cc1)c1cc2cc(OCCN3CCOCC3)ccc2o1. The standard InChI is InChI=1S/C25H24ClN3O6/c26-29(32)25(31)19-5-3-18(4-6-19)2-1-9-27-24(30)23-17-20-16-21(7-8-22(20)35-23)34-15-12-28-10-13-33-14-11-28/h3-8,16-17,32H,9-15H2,(H,27,30). The van der Waals surface area contributed by atoms with E-state index in [1.807, 2.05) is 12.1 Å². The number of hydroxylamine groups is 1. The maximum Gasteiger partial charge on any atom is 0.292 e. The monoisotopic (exact) mass is 497 g/mol. The van der Waals surface area contributed by atoms with E-state index >= 15 is 0 Å². The Bertz CT molecular complexity index is 1240. The third kappa shape index (κ3) is 6.74. The van der Waals surface area contributed by atoms with Crippen LogP contribution >= 0.6 is 11.8 Å². The Labute approximate surface area is 207 Å². The predicted octanol–water partition coefficient (Wildman–Crippen LogP) is 2.91. The van der Waals surface area contributed by atoms with Gasteiger partial charge in [-0.2, -0.15) is 0 Å². The zero-order valence-electron chi connectivity index (χ0n) is 18.8. The Balaban J connectivity index is 1.27. The van der Waals surface area contributed by atoms with Crippen LogP contribution in [-0.2, 0) is 4.74 Å². The number of morpholine rings is 1. The molecule has 0 bridgehead atoms. The molecule has 9 nitrogen and oxygen atoms in total. The third-order valence-corrected chi connectivity index (χ3v) is 5.51. The van der Waals surface area contributed by atoms with Crippen molar-refractivity contribution in [3.63, 3.8) is 0 Å². The number of halogens is 1. The Morgan fingerprint density at radius 2 is 1.91 bits per heavy atom. The first-order valence-electron chi connectivity index (χ1n) is 11.0. The molecule has 2 N–H and O–H groups in total. The number of carbonyl (C=O) groups excluding carboxylic acids is 2. The van der Waals surface area contributed by atoms with Crippen molar-refractivity contribution in [2.24, 2.45) is 0 Å². The van der Waals surface area contributed by atoms with Crippen molar-refractivity contribution in [1.29, 1.82) is 0 Å². The first-order chi connectivity index (χ1) is 17.0. The second-order valence-electron chi connectivity index (χ2n) is 7.74. The van der Waals surface area contributed by atoms with Gasteiger partial charge in [0.05, 0.1) is 19.8 Å². The number of carbonyl (C=O) groups is 2. The van der Waals surface area contributed by atoms with Crippen molar-refractivity contribution in [2.75, 3.05) is 46.0 Å². The van der Waals surface area contributed by atoms with Crippen LogP contribution in [0.15, 0.2) is 52.9 Å². The summed E-state index contributed by atoms with van der Waals surface area (Å²) in [6.07, 6.45) is 0. The second-order valence-corrected chi connectivity index (χ2v) is 8.06. The molecular formula is C25H24ClN3O6. The Morgan fingerprint density at radius 1 is 1.14 bits per heavy atom. The minimum absolute atomic E-state index is 0.00514. The molecule has 0 atom stereocenters. The highest BCUT2D eigenvalue weighted by atomic mass is 35.5. The van der Waals surface area contributed by atoms with Gasteiger partial charge in [0.2, 0.25) is 0 Å². The molecule has 0 aliphatic carbocycles. The normalized spacial score (nSPS) is 13.7. The molecule has 0 radical (unpaired) electrons. The molecule has 4 rings (SSSR count). The molecule has 2 heterocycles. The fourth-order valence-corrected chi connectivity index (χ4v) is 3.60. The lowest BCUT2D eigenvalue weighted by Crippen LogP contribution is -2.38. The predicted molar refractivity (Wildman–Crippen MR) is 128 cm³/mol. The Hall–Kier alpha value is -3.55. The largest absolute Gasteiger partial charge is 0.492 e. The molecule has 1 aliphatic rings. The van der Waals surface area contributed by atoms with E-state index in [0.717, 1.165) is 44.0 Å². The minimum Gasteiger partial charge on any atom is -0.492 e. The summed E-state index contributed by atoms with van der Waals surface area (Å²) in [7, 11) is 0. The maximum atomic E-state index is 12.4. The summed E-state index contributed by atoms with van der Waals surface area (Å²) in [5, 5.41) is 12.4. The quantitative estimate of drug-likeness (QED) is 0.224. The topological polar surface area (TPSA) is 104 Å². The van der Waals surface area contributed by atoms with Crippen molar-refractivity contribution in [3.05, 3.63) is 65.4 Å². The molecule has 1 saturated heterocycles. The summed E-state index contributed by atoms with van der Waals surface area (Å²) in [4.78, 5) is 26.3. The van der Waals surface area contributed by atoms with Gasteiger partial charge in [-0.25, -0.2) is 0 Å². The first-order valence-corrected chi connectivity index (χ1v) is 11.4. The van der Waals surface area contributed by atoms with Gasteiger partial charge in [0.15, 0.2) is 5.76 Å². The van der Waals surface area contributed by atoms with Gasteiger partial charge in [-0.15, -0.1) is 4.58 Å². The molecule has 0 spiro atoms. The molecule has 2 aromatic carbocycles. The number of hydrogen-bond donors (Lipinski definition) is 2. The van der Waals surface area contributed by atoms with Crippen molar-refractivity contribution < 1.29 is 28.7 Å². The maximum absolute atomic E-state index is 12.4. The van der Waals surface area contributed by atoms with Crippen molar-refractivity contribution >= 4 is 34.6 Å². The van der Waals surface area contributed by atoms with E-state index in [1.165, 1.54) is 12.1 Å². The molecule has 3 aromatic rings. The van der Waals surface area contributed by atoms with Crippen LogP contribution in [0, 0.1) is 11.8 Å².